The molecule has 0 bridgehead atoms. The van der Waals surface area contributed by atoms with Gasteiger partial charge in [0.2, 0.25) is 0 Å². The molecular weight excluding hydrogens is 240 g/mol. The van der Waals surface area contributed by atoms with Gasteiger partial charge in [-0.2, -0.15) is 0 Å². The van der Waals surface area contributed by atoms with Crippen molar-refractivity contribution in [3.63, 3.8) is 0 Å². The van der Waals surface area contributed by atoms with E-state index in [1.807, 2.05) is 0 Å². The van der Waals surface area contributed by atoms with Crippen molar-refractivity contribution in [1.29, 1.82) is 0 Å². The van der Waals surface area contributed by atoms with Crippen LogP contribution in [0.5, 0.6) is 5.75 Å². The summed E-state index contributed by atoms with van der Waals surface area (Å²) >= 11 is 0. The molecule has 4 nitrogen and oxygen atoms in total. The minimum atomic E-state index is -0.356. The maximum absolute atomic E-state index is 5.87. The van der Waals surface area contributed by atoms with Gasteiger partial charge >= 0.3 is 0 Å². The summed E-state index contributed by atoms with van der Waals surface area (Å²) in [6, 6.07) is 6.18. The van der Waals surface area contributed by atoms with Crippen LogP contribution in [0.1, 0.15) is 43.9 Å². The van der Waals surface area contributed by atoms with Crippen LogP contribution in [0, 0.1) is 0 Å². The molecular formula is C15H24N2O2. The zero-order valence-corrected chi connectivity index (χ0v) is 12.0. The molecule has 1 aromatic carbocycles. The summed E-state index contributed by atoms with van der Waals surface area (Å²) in [7, 11) is 1.73. The zero-order valence-electron chi connectivity index (χ0n) is 12.0. The van der Waals surface area contributed by atoms with E-state index in [0.29, 0.717) is 0 Å². The molecule has 0 radical (unpaired) electrons. The quantitative estimate of drug-likeness (QED) is 0.633. The van der Waals surface area contributed by atoms with E-state index >= 15 is 0 Å². The summed E-state index contributed by atoms with van der Waals surface area (Å²) in [4.78, 5) is 0. The van der Waals surface area contributed by atoms with Gasteiger partial charge in [0.15, 0.2) is 0 Å². The van der Waals surface area contributed by atoms with Gasteiger partial charge in [0.1, 0.15) is 5.75 Å². The monoisotopic (exact) mass is 264 g/mol. The fourth-order valence-electron chi connectivity index (χ4n) is 2.70. The molecule has 2 atom stereocenters. The topological polar surface area (TPSA) is 56.5 Å². The first-order chi connectivity index (χ1) is 9.16. The third-order valence-corrected chi connectivity index (χ3v) is 4.22. The number of fused-ring (bicyclic) bond motifs is 1. The highest BCUT2D eigenvalue weighted by Gasteiger charge is 2.35. The van der Waals surface area contributed by atoms with Crippen LogP contribution in [0.3, 0.4) is 0 Å². The second-order valence-electron chi connectivity index (χ2n) is 5.26. The number of benzene rings is 1. The number of hydrazine groups is 1. The SMILES string of the molecule is CCC(C)(OC)C(NN)c1cccc2c1OCCC2. The van der Waals surface area contributed by atoms with E-state index in [9.17, 15) is 0 Å². The van der Waals surface area contributed by atoms with Crippen LogP contribution in [-0.2, 0) is 11.2 Å². The van der Waals surface area contributed by atoms with E-state index in [1.165, 1.54) is 5.56 Å². The molecule has 3 N–H and O–H groups in total. The number of nitrogens with one attached hydrogen (secondary N) is 1. The lowest BCUT2D eigenvalue weighted by atomic mass is 9.86. The lowest BCUT2D eigenvalue weighted by Crippen LogP contribution is -2.46. The molecule has 0 saturated heterocycles. The molecule has 0 saturated carbocycles. The van der Waals surface area contributed by atoms with Crippen molar-refractivity contribution >= 4 is 0 Å². The van der Waals surface area contributed by atoms with Gasteiger partial charge in [0.25, 0.3) is 0 Å². The molecule has 4 heteroatoms. The van der Waals surface area contributed by atoms with E-state index < -0.39 is 0 Å². The van der Waals surface area contributed by atoms with Crippen LogP contribution in [0.4, 0.5) is 0 Å². The summed E-state index contributed by atoms with van der Waals surface area (Å²) in [5, 5.41) is 0. The third kappa shape index (κ3) is 2.61. The third-order valence-electron chi connectivity index (χ3n) is 4.22. The summed E-state index contributed by atoms with van der Waals surface area (Å²) in [6.07, 6.45) is 3.00. The molecule has 0 amide bonds. The molecule has 1 aromatic rings. The van der Waals surface area contributed by atoms with E-state index in [4.69, 9.17) is 15.3 Å². The second kappa shape index (κ2) is 5.90. The number of para-hydroxylation sites is 1. The van der Waals surface area contributed by atoms with Crippen LogP contribution < -0.4 is 16.0 Å². The molecule has 2 unspecified atom stereocenters. The Hall–Kier alpha value is -1.10. The minimum absolute atomic E-state index is 0.0875. The number of nitrogens with two attached hydrogens (primary N) is 1. The number of rotatable bonds is 5. The Morgan fingerprint density at radius 1 is 1.53 bits per heavy atom. The normalized spacial score (nSPS) is 19.2. The maximum Gasteiger partial charge on any atom is 0.127 e. The van der Waals surface area contributed by atoms with Crippen LogP contribution in [0.25, 0.3) is 0 Å². The van der Waals surface area contributed by atoms with E-state index in [-0.39, 0.29) is 11.6 Å². The highest BCUT2D eigenvalue weighted by atomic mass is 16.5. The van der Waals surface area contributed by atoms with Crippen LogP contribution in [0.2, 0.25) is 0 Å². The molecule has 1 heterocycles. The average molecular weight is 264 g/mol. The predicted octanol–water partition coefficient (Wildman–Crippen LogP) is 2.33. The first-order valence-corrected chi connectivity index (χ1v) is 6.92. The number of methoxy groups -OCH3 is 1. The fraction of sp³-hybridized carbons (Fsp3) is 0.600. The first-order valence-electron chi connectivity index (χ1n) is 6.92. The van der Waals surface area contributed by atoms with E-state index in [1.54, 1.807) is 7.11 Å². The van der Waals surface area contributed by atoms with Gasteiger partial charge in [-0.25, -0.2) is 5.43 Å². The fourth-order valence-corrected chi connectivity index (χ4v) is 2.70. The van der Waals surface area contributed by atoms with Gasteiger partial charge < -0.3 is 9.47 Å². The molecule has 0 fully saturated rings. The zero-order chi connectivity index (χ0) is 13.9. The minimum Gasteiger partial charge on any atom is -0.493 e. The van der Waals surface area contributed by atoms with Crippen LogP contribution >= 0.6 is 0 Å². The van der Waals surface area contributed by atoms with Crippen molar-refractivity contribution in [2.75, 3.05) is 13.7 Å². The molecule has 0 spiro atoms. The molecule has 1 aliphatic rings. The lowest BCUT2D eigenvalue weighted by Gasteiger charge is -2.37. The van der Waals surface area contributed by atoms with Crippen molar-refractivity contribution in [3.05, 3.63) is 29.3 Å². The van der Waals surface area contributed by atoms with Crippen molar-refractivity contribution in [2.24, 2.45) is 5.84 Å². The maximum atomic E-state index is 5.87. The van der Waals surface area contributed by atoms with Crippen molar-refractivity contribution in [2.45, 2.75) is 44.8 Å². The Morgan fingerprint density at radius 3 is 2.95 bits per heavy atom. The van der Waals surface area contributed by atoms with Gasteiger partial charge in [-0.15, -0.1) is 0 Å². The summed E-state index contributed by atoms with van der Waals surface area (Å²) in [5.41, 5.74) is 4.90. The van der Waals surface area contributed by atoms with Crippen molar-refractivity contribution < 1.29 is 9.47 Å². The average Bonchev–Trinajstić information content (AvgIpc) is 2.48. The first kappa shape index (κ1) is 14.3. The Labute approximate surface area is 115 Å². The van der Waals surface area contributed by atoms with Crippen molar-refractivity contribution in [3.8, 4) is 5.75 Å². The number of hydrogen-bond acceptors (Lipinski definition) is 4. The van der Waals surface area contributed by atoms with Crippen LogP contribution in [-0.4, -0.2) is 19.3 Å². The number of ether oxygens (including phenoxy) is 2. The van der Waals surface area contributed by atoms with E-state index in [2.05, 4.69) is 37.5 Å². The Morgan fingerprint density at radius 2 is 2.32 bits per heavy atom. The molecule has 2 rings (SSSR count). The van der Waals surface area contributed by atoms with Gasteiger partial charge in [-0.3, -0.25) is 5.84 Å². The van der Waals surface area contributed by atoms with Gasteiger partial charge in [0.05, 0.1) is 18.2 Å². The number of aryl methyl sites for hydroxylation is 1. The van der Waals surface area contributed by atoms with Gasteiger partial charge in [0, 0.05) is 12.7 Å². The summed E-state index contributed by atoms with van der Waals surface area (Å²) < 4.78 is 11.6. The number of hydrogen-bond donors (Lipinski definition) is 2. The second-order valence-corrected chi connectivity index (χ2v) is 5.26. The van der Waals surface area contributed by atoms with Crippen molar-refractivity contribution in [1.82, 2.24) is 5.43 Å². The Kier molecular flexibility index (Phi) is 4.45. The van der Waals surface area contributed by atoms with Gasteiger partial charge in [-0.1, -0.05) is 25.1 Å². The molecule has 0 aromatic heterocycles. The molecule has 0 aliphatic carbocycles. The van der Waals surface area contributed by atoms with Crippen LogP contribution in [0.15, 0.2) is 18.2 Å². The highest BCUT2D eigenvalue weighted by molar-refractivity contribution is 5.45. The highest BCUT2D eigenvalue weighted by Crippen LogP contribution is 2.39. The summed E-state index contributed by atoms with van der Waals surface area (Å²) in [5.74, 6) is 6.77. The predicted molar refractivity (Wildman–Crippen MR) is 76.0 cm³/mol. The standard InChI is InChI=1S/C15H24N2O2/c1-4-15(2,18-3)14(17-16)12-9-5-7-11-8-6-10-19-13(11)12/h5,7,9,14,17H,4,6,8,10,16H2,1-3H3. The Balaban J connectivity index is 2.44. The lowest BCUT2D eigenvalue weighted by molar-refractivity contribution is -0.0307. The Bertz CT molecular complexity index is 430. The molecule has 106 valence electrons. The largest absolute Gasteiger partial charge is 0.493 e. The van der Waals surface area contributed by atoms with E-state index in [0.717, 1.165) is 37.2 Å². The summed E-state index contributed by atoms with van der Waals surface area (Å²) in [6.45, 7) is 4.95. The van der Waals surface area contributed by atoms with Gasteiger partial charge in [-0.05, 0) is 31.7 Å². The molecule has 1 aliphatic heterocycles. The smallest absolute Gasteiger partial charge is 0.127 e. The molecule has 19 heavy (non-hydrogen) atoms.